The van der Waals surface area contributed by atoms with Gasteiger partial charge in [0.25, 0.3) is 0 Å². The third-order valence-corrected chi connectivity index (χ3v) is 2.50. The number of thiocarbonyl (C=S) groups is 1. The van der Waals surface area contributed by atoms with Crippen molar-refractivity contribution in [2.75, 3.05) is 26.0 Å². The predicted molar refractivity (Wildman–Crippen MR) is 63.0 cm³/mol. The smallest absolute Gasteiger partial charge is 0.210 e. The molecule has 15 heavy (non-hydrogen) atoms. The van der Waals surface area contributed by atoms with Gasteiger partial charge in [-0.1, -0.05) is 0 Å². The number of methoxy groups -OCH3 is 1. The SMILES string of the molecule is COCC(C)NC(=S)NCCS(N)(=O)=O. The molecule has 0 aliphatic rings. The maximum atomic E-state index is 10.6. The first kappa shape index (κ1) is 14.6. The molecule has 1 unspecified atom stereocenters. The molecular formula is C7H17N3O3S2. The van der Waals surface area contributed by atoms with Gasteiger partial charge in [-0.15, -0.1) is 0 Å². The molecule has 0 aliphatic carbocycles. The van der Waals surface area contributed by atoms with Crippen LogP contribution in [0.2, 0.25) is 0 Å². The highest BCUT2D eigenvalue weighted by Gasteiger charge is 2.05. The van der Waals surface area contributed by atoms with Crippen LogP contribution in [0.5, 0.6) is 0 Å². The zero-order valence-electron chi connectivity index (χ0n) is 8.82. The molecule has 0 amide bonds. The van der Waals surface area contributed by atoms with E-state index in [1.807, 2.05) is 6.92 Å². The highest BCUT2D eigenvalue weighted by molar-refractivity contribution is 7.89. The molecule has 0 bridgehead atoms. The van der Waals surface area contributed by atoms with Crippen LogP contribution in [-0.4, -0.2) is 45.6 Å². The number of ether oxygens (including phenoxy) is 1. The van der Waals surface area contributed by atoms with E-state index < -0.39 is 10.0 Å². The molecule has 0 aromatic rings. The quantitative estimate of drug-likeness (QED) is 0.515. The summed E-state index contributed by atoms with van der Waals surface area (Å²) in [5.41, 5.74) is 0. The van der Waals surface area contributed by atoms with Gasteiger partial charge in [0.15, 0.2) is 5.11 Å². The number of hydrogen-bond donors (Lipinski definition) is 3. The Morgan fingerprint density at radius 2 is 2.20 bits per heavy atom. The second kappa shape index (κ2) is 6.94. The lowest BCUT2D eigenvalue weighted by Gasteiger charge is -2.15. The summed E-state index contributed by atoms with van der Waals surface area (Å²) in [5.74, 6) is -0.145. The Morgan fingerprint density at radius 3 is 2.67 bits per heavy atom. The monoisotopic (exact) mass is 255 g/mol. The minimum Gasteiger partial charge on any atom is -0.383 e. The molecule has 90 valence electrons. The van der Waals surface area contributed by atoms with Crippen molar-refractivity contribution in [3.05, 3.63) is 0 Å². The summed E-state index contributed by atoms with van der Waals surface area (Å²) in [6.45, 7) is 2.62. The third-order valence-electron chi connectivity index (χ3n) is 1.47. The van der Waals surface area contributed by atoms with Gasteiger partial charge in [0.2, 0.25) is 10.0 Å². The van der Waals surface area contributed by atoms with E-state index in [1.54, 1.807) is 7.11 Å². The number of nitrogens with two attached hydrogens (primary N) is 1. The number of hydrogen-bond acceptors (Lipinski definition) is 4. The summed E-state index contributed by atoms with van der Waals surface area (Å²) in [7, 11) is -1.84. The average molecular weight is 255 g/mol. The van der Waals surface area contributed by atoms with Gasteiger partial charge in [-0.25, -0.2) is 13.6 Å². The van der Waals surface area contributed by atoms with Crippen LogP contribution in [-0.2, 0) is 14.8 Å². The average Bonchev–Trinajstić information content (AvgIpc) is 2.01. The van der Waals surface area contributed by atoms with Gasteiger partial charge in [-0.3, -0.25) is 0 Å². The van der Waals surface area contributed by atoms with Gasteiger partial charge >= 0.3 is 0 Å². The molecule has 0 saturated carbocycles. The lowest BCUT2D eigenvalue weighted by molar-refractivity contribution is 0.179. The Labute approximate surface area is 95.6 Å². The molecule has 0 spiro atoms. The minimum atomic E-state index is -3.43. The number of nitrogens with one attached hydrogen (secondary N) is 2. The predicted octanol–water partition coefficient (Wildman–Crippen LogP) is -1.23. The first-order valence-corrected chi connectivity index (χ1v) is 6.51. The summed E-state index contributed by atoms with van der Waals surface area (Å²) >= 11 is 4.92. The summed E-state index contributed by atoms with van der Waals surface area (Å²) in [5, 5.41) is 10.9. The fourth-order valence-electron chi connectivity index (χ4n) is 0.873. The standard InChI is InChI=1S/C7H17N3O3S2/c1-6(5-13-2)10-7(14)9-3-4-15(8,11)12/h6H,3-5H2,1-2H3,(H2,8,11,12)(H2,9,10,14). The maximum absolute atomic E-state index is 10.6. The van der Waals surface area contributed by atoms with E-state index in [1.165, 1.54) is 0 Å². The van der Waals surface area contributed by atoms with E-state index >= 15 is 0 Å². The van der Waals surface area contributed by atoms with E-state index in [2.05, 4.69) is 10.6 Å². The van der Waals surface area contributed by atoms with Crippen LogP contribution in [0.3, 0.4) is 0 Å². The number of rotatable bonds is 6. The second-order valence-electron chi connectivity index (χ2n) is 3.12. The summed E-state index contributed by atoms with van der Waals surface area (Å²) in [6, 6.07) is 0.0736. The number of primary sulfonamides is 1. The lowest BCUT2D eigenvalue weighted by atomic mass is 10.4. The molecule has 0 heterocycles. The highest BCUT2D eigenvalue weighted by atomic mass is 32.2. The van der Waals surface area contributed by atoms with Crippen molar-refractivity contribution in [1.82, 2.24) is 10.6 Å². The summed E-state index contributed by atoms with van der Waals surface area (Å²) < 4.78 is 26.1. The first-order chi connectivity index (χ1) is 6.85. The molecular weight excluding hydrogens is 238 g/mol. The molecule has 0 aromatic heterocycles. The molecule has 0 rings (SSSR count). The largest absolute Gasteiger partial charge is 0.383 e. The molecule has 6 nitrogen and oxygen atoms in total. The zero-order chi connectivity index (χ0) is 11.9. The second-order valence-corrected chi connectivity index (χ2v) is 5.27. The van der Waals surface area contributed by atoms with Crippen molar-refractivity contribution in [3.8, 4) is 0 Å². The van der Waals surface area contributed by atoms with E-state index in [0.717, 1.165) is 0 Å². The van der Waals surface area contributed by atoms with E-state index in [-0.39, 0.29) is 18.3 Å². The van der Waals surface area contributed by atoms with Crippen molar-refractivity contribution >= 4 is 27.4 Å². The Kier molecular flexibility index (Phi) is 6.73. The Bertz CT molecular complexity index is 292. The molecule has 0 aliphatic heterocycles. The van der Waals surface area contributed by atoms with E-state index in [9.17, 15) is 8.42 Å². The van der Waals surface area contributed by atoms with Crippen LogP contribution in [0.25, 0.3) is 0 Å². The Hall–Kier alpha value is -0.440. The van der Waals surface area contributed by atoms with Crippen LogP contribution in [0.1, 0.15) is 6.92 Å². The van der Waals surface area contributed by atoms with Crippen molar-refractivity contribution in [1.29, 1.82) is 0 Å². The van der Waals surface area contributed by atoms with Crippen molar-refractivity contribution in [2.45, 2.75) is 13.0 Å². The highest BCUT2D eigenvalue weighted by Crippen LogP contribution is 1.82. The molecule has 0 saturated heterocycles. The zero-order valence-corrected chi connectivity index (χ0v) is 10.5. The lowest BCUT2D eigenvalue weighted by Crippen LogP contribution is -2.44. The van der Waals surface area contributed by atoms with Crippen LogP contribution in [0, 0.1) is 0 Å². The van der Waals surface area contributed by atoms with Gasteiger partial charge in [0, 0.05) is 19.7 Å². The fraction of sp³-hybridized carbons (Fsp3) is 0.857. The normalized spacial score (nSPS) is 13.3. The van der Waals surface area contributed by atoms with Gasteiger partial charge in [-0.2, -0.15) is 0 Å². The van der Waals surface area contributed by atoms with Crippen molar-refractivity contribution in [2.24, 2.45) is 5.14 Å². The van der Waals surface area contributed by atoms with Crippen molar-refractivity contribution < 1.29 is 13.2 Å². The van der Waals surface area contributed by atoms with Gasteiger partial charge in [0.05, 0.1) is 12.4 Å². The van der Waals surface area contributed by atoms with Crippen molar-refractivity contribution in [3.63, 3.8) is 0 Å². The molecule has 1 atom stereocenters. The Morgan fingerprint density at radius 1 is 1.60 bits per heavy atom. The summed E-state index contributed by atoms with van der Waals surface area (Å²) in [6.07, 6.45) is 0. The third kappa shape index (κ3) is 9.85. The molecule has 0 radical (unpaired) electrons. The minimum absolute atomic E-state index is 0.0736. The number of sulfonamides is 1. The topological polar surface area (TPSA) is 93.4 Å². The fourth-order valence-corrected chi connectivity index (χ4v) is 1.56. The van der Waals surface area contributed by atoms with Crippen LogP contribution in [0.15, 0.2) is 0 Å². The Balaban J connectivity index is 3.67. The molecule has 4 N–H and O–H groups in total. The van der Waals surface area contributed by atoms with Crippen LogP contribution < -0.4 is 15.8 Å². The van der Waals surface area contributed by atoms with Crippen LogP contribution in [0.4, 0.5) is 0 Å². The van der Waals surface area contributed by atoms with Crippen LogP contribution >= 0.6 is 12.2 Å². The summed E-state index contributed by atoms with van der Waals surface area (Å²) in [4.78, 5) is 0. The molecule has 0 aromatic carbocycles. The molecule has 8 heteroatoms. The van der Waals surface area contributed by atoms with Gasteiger partial charge < -0.3 is 15.4 Å². The first-order valence-electron chi connectivity index (χ1n) is 4.39. The molecule has 0 fully saturated rings. The maximum Gasteiger partial charge on any atom is 0.210 e. The van der Waals surface area contributed by atoms with E-state index in [0.29, 0.717) is 11.7 Å². The van der Waals surface area contributed by atoms with E-state index in [4.69, 9.17) is 22.1 Å². The van der Waals surface area contributed by atoms with Gasteiger partial charge in [-0.05, 0) is 19.1 Å². The van der Waals surface area contributed by atoms with Gasteiger partial charge in [0.1, 0.15) is 0 Å².